The normalized spacial score (nSPS) is 12.3. The maximum atomic E-state index is 8.93. The third-order valence-electron chi connectivity index (χ3n) is 2.80. The summed E-state index contributed by atoms with van der Waals surface area (Å²) in [7, 11) is 1.96. The van der Waals surface area contributed by atoms with E-state index in [-0.39, 0.29) is 0 Å². The average molecular weight is 252 g/mol. The number of hydrogen-bond donors (Lipinski definition) is 0. The lowest BCUT2D eigenvalue weighted by Crippen LogP contribution is -2.31. The minimum absolute atomic E-state index is 0.342. The first kappa shape index (κ1) is 13.8. The predicted molar refractivity (Wildman–Crippen MR) is 71.3 cm³/mol. The largest absolute Gasteiger partial charge is 0.356 e. The molecule has 0 aliphatic heterocycles. The van der Waals surface area contributed by atoms with Gasteiger partial charge in [0.1, 0.15) is 16.9 Å². The van der Waals surface area contributed by atoms with E-state index in [1.54, 1.807) is 12.3 Å². The van der Waals surface area contributed by atoms with E-state index in [4.69, 9.17) is 16.9 Å². The minimum atomic E-state index is 0.342. The highest BCUT2D eigenvalue weighted by molar-refractivity contribution is 6.34. The molecule has 0 amide bonds. The van der Waals surface area contributed by atoms with Gasteiger partial charge in [0, 0.05) is 19.3 Å². The molecule has 0 aliphatic rings. The highest BCUT2D eigenvalue weighted by atomic mass is 35.5. The number of hydrogen-bond acceptors (Lipinski definition) is 3. The van der Waals surface area contributed by atoms with Crippen molar-refractivity contribution >= 4 is 17.4 Å². The Labute approximate surface area is 108 Å². The second-order valence-corrected chi connectivity index (χ2v) is 5.08. The van der Waals surface area contributed by atoms with Crippen LogP contribution in [0.15, 0.2) is 12.3 Å². The Balaban J connectivity index is 2.97. The van der Waals surface area contributed by atoms with Crippen LogP contribution in [-0.2, 0) is 0 Å². The molecule has 1 atom stereocenters. The molecule has 1 aromatic heterocycles. The van der Waals surface area contributed by atoms with Crippen LogP contribution in [0.1, 0.15) is 32.8 Å². The lowest BCUT2D eigenvalue weighted by atomic mass is 10.0. The maximum absolute atomic E-state index is 8.93. The van der Waals surface area contributed by atoms with Gasteiger partial charge in [0.05, 0.1) is 5.56 Å². The molecule has 1 rings (SSSR count). The van der Waals surface area contributed by atoms with Gasteiger partial charge in [-0.3, -0.25) is 0 Å². The molecule has 4 heteroatoms. The molecule has 17 heavy (non-hydrogen) atoms. The Morgan fingerprint density at radius 2 is 2.12 bits per heavy atom. The van der Waals surface area contributed by atoms with E-state index in [1.807, 2.05) is 11.9 Å². The molecule has 0 N–H and O–H groups in total. The quantitative estimate of drug-likeness (QED) is 0.823. The van der Waals surface area contributed by atoms with Crippen LogP contribution >= 0.6 is 11.6 Å². The summed E-state index contributed by atoms with van der Waals surface area (Å²) in [6.07, 6.45) is 2.68. The molecule has 0 aromatic carbocycles. The van der Waals surface area contributed by atoms with Crippen molar-refractivity contribution in [1.29, 1.82) is 5.26 Å². The molecule has 0 fully saturated rings. The SMILES string of the molecule is CC(C)CC(C)N(C)c1nccc(C#N)c1Cl. The number of nitriles is 1. The fourth-order valence-electron chi connectivity index (χ4n) is 1.81. The van der Waals surface area contributed by atoms with E-state index in [0.717, 1.165) is 6.42 Å². The van der Waals surface area contributed by atoms with Crippen molar-refractivity contribution in [3.8, 4) is 6.07 Å². The molecule has 0 radical (unpaired) electrons. The molecule has 0 saturated heterocycles. The van der Waals surface area contributed by atoms with Crippen LogP contribution in [0.3, 0.4) is 0 Å². The van der Waals surface area contributed by atoms with E-state index in [1.165, 1.54) is 0 Å². The molecular formula is C13H18ClN3. The highest BCUT2D eigenvalue weighted by Crippen LogP contribution is 2.27. The third-order valence-corrected chi connectivity index (χ3v) is 3.17. The van der Waals surface area contributed by atoms with Crippen molar-refractivity contribution < 1.29 is 0 Å². The lowest BCUT2D eigenvalue weighted by Gasteiger charge is -2.28. The van der Waals surface area contributed by atoms with Crippen molar-refractivity contribution in [1.82, 2.24) is 4.98 Å². The molecule has 0 bridgehead atoms. The van der Waals surface area contributed by atoms with Gasteiger partial charge in [0.25, 0.3) is 0 Å². The van der Waals surface area contributed by atoms with Crippen molar-refractivity contribution in [2.75, 3.05) is 11.9 Å². The molecule has 1 unspecified atom stereocenters. The van der Waals surface area contributed by atoms with Gasteiger partial charge in [-0.15, -0.1) is 0 Å². The van der Waals surface area contributed by atoms with Crippen LogP contribution < -0.4 is 4.90 Å². The second kappa shape index (κ2) is 5.88. The number of pyridine rings is 1. The summed E-state index contributed by atoms with van der Waals surface area (Å²) in [6.45, 7) is 6.51. The summed E-state index contributed by atoms with van der Waals surface area (Å²) in [5.74, 6) is 1.30. The van der Waals surface area contributed by atoms with Gasteiger partial charge in [-0.25, -0.2) is 4.98 Å². The van der Waals surface area contributed by atoms with Crippen LogP contribution in [0.25, 0.3) is 0 Å². The third kappa shape index (κ3) is 3.34. The molecular weight excluding hydrogens is 234 g/mol. The van der Waals surface area contributed by atoms with Crippen molar-refractivity contribution in [3.63, 3.8) is 0 Å². The van der Waals surface area contributed by atoms with E-state index in [9.17, 15) is 0 Å². The molecule has 1 aromatic rings. The Kier molecular flexibility index (Phi) is 4.77. The van der Waals surface area contributed by atoms with Gasteiger partial charge in [-0.1, -0.05) is 25.4 Å². The van der Waals surface area contributed by atoms with Crippen molar-refractivity contribution in [2.45, 2.75) is 33.2 Å². The topological polar surface area (TPSA) is 39.9 Å². The maximum Gasteiger partial charge on any atom is 0.148 e. The van der Waals surface area contributed by atoms with Crippen LogP contribution in [0.4, 0.5) is 5.82 Å². The van der Waals surface area contributed by atoms with Gasteiger partial charge >= 0.3 is 0 Å². The Hall–Kier alpha value is -1.27. The number of aromatic nitrogens is 1. The first-order chi connectivity index (χ1) is 7.97. The summed E-state index contributed by atoms with van der Waals surface area (Å²) in [4.78, 5) is 6.29. The zero-order valence-electron chi connectivity index (χ0n) is 10.7. The van der Waals surface area contributed by atoms with Gasteiger partial charge < -0.3 is 4.90 Å². The molecule has 92 valence electrons. The van der Waals surface area contributed by atoms with Crippen LogP contribution in [-0.4, -0.2) is 18.1 Å². The standard InChI is InChI=1S/C13H18ClN3/c1-9(2)7-10(3)17(4)13-12(14)11(8-15)5-6-16-13/h5-6,9-10H,7H2,1-4H3. The Morgan fingerprint density at radius 1 is 1.47 bits per heavy atom. The molecule has 0 saturated carbocycles. The summed E-state index contributed by atoms with van der Waals surface area (Å²) < 4.78 is 0. The summed E-state index contributed by atoms with van der Waals surface area (Å²) in [5.41, 5.74) is 0.472. The molecule has 1 heterocycles. The van der Waals surface area contributed by atoms with Crippen molar-refractivity contribution in [3.05, 3.63) is 22.8 Å². The predicted octanol–water partition coefficient (Wildman–Crippen LogP) is 3.48. The summed E-state index contributed by atoms with van der Waals surface area (Å²) in [6, 6.07) is 4.04. The van der Waals surface area contributed by atoms with E-state index in [2.05, 4.69) is 31.8 Å². The van der Waals surface area contributed by atoms with Gasteiger partial charge in [0.15, 0.2) is 0 Å². The monoisotopic (exact) mass is 251 g/mol. The zero-order valence-corrected chi connectivity index (χ0v) is 11.5. The van der Waals surface area contributed by atoms with Crippen LogP contribution in [0.2, 0.25) is 5.02 Å². The molecule has 3 nitrogen and oxygen atoms in total. The highest BCUT2D eigenvalue weighted by Gasteiger charge is 2.17. The first-order valence-corrected chi connectivity index (χ1v) is 6.12. The first-order valence-electron chi connectivity index (χ1n) is 5.74. The number of nitrogens with zero attached hydrogens (tertiary/aromatic N) is 3. The second-order valence-electron chi connectivity index (χ2n) is 4.70. The molecule has 0 aliphatic carbocycles. The fourth-order valence-corrected chi connectivity index (χ4v) is 2.10. The molecule has 0 spiro atoms. The minimum Gasteiger partial charge on any atom is -0.356 e. The zero-order chi connectivity index (χ0) is 13.0. The Morgan fingerprint density at radius 3 is 2.65 bits per heavy atom. The van der Waals surface area contributed by atoms with Crippen LogP contribution in [0, 0.1) is 17.2 Å². The lowest BCUT2D eigenvalue weighted by molar-refractivity contribution is 0.502. The van der Waals surface area contributed by atoms with Gasteiger partial charge in [-0.05, 0) is 25.3 Å². The van der Waals surface area contributed by atoms with E-state index in [0.29, 0.717) is 28.4 Å². The Bertz CT molecular complexity index is 423. The smallest absolute Gasteiger partial charge is 0.148 e. The number of anilines is 1. The summed E-state index contributed by atoms with van der Waals surface area (Å²) >= 11 is 6.16. The number of halogens is 1. The van der Waals surface area contributed by atoms with Gasteiger partial charge in [0.2, 0.25) is 0 Å². The van der Waals surface area contributed by atoms with Gasteiger partial charge in [-0.2, -0.15) is 5.26 Å². The van der Waals surface area contributed by atoms with E-state index < -0.39 is 0 Å². The van der Waals surface area contributed by atoms with E-state index >= 15 is 0 Å². The number of rotatable bonds is 4. The van der Waals surface area contributed by atoms with Crippen molar-refractivity contribution in [2.24, 2.45) is 5.92 Å². The summed E-state index contributed by atoms with van der Waals surface area (Å²) in [5, 5.41) is 9.37. The van der Waals surface area contributed by atoms with Crippen LogP contribution in [0.5, 0.6) is 0 Å². The average Bonchev–Trinajstić information content (AvgIpc) is 2.27. The fraction of sp³-hybridized carbons (Fsp3) is 0.538.